The van der Waals surface area contributed by atoms with Gasteiger partial charge in [-0.25, -0.2) is 0 Å². The van der Waals surface area contributed by atoms with Gasteiger partial charge in [0.15, 0.2) is 0 Å². The predicted octanol–water partition coefficient (Wildman–Crippen LogP) is 16.7. The summed E-state index contributed by atoms with van der Waals surface area (Å²) in [6.07, 6.45) is 67.8. The Bertz CT molecular complexity index is 1250. The van der Waals surface area contributed by atoms with Gasteiger partial charge in [-0.3, -0.25) is 9.59 Å². The Morgan fingerprint density at radius 2 is 0.785 bits per heavy atom. The van der Waals surface area contributed by atoms with Crippen LogP contribution in [0.3, 0.4) is 0 Å². The molecule has 65 heavy (non-hydrogen) atoms. The van der Waals surface area contributed by atoms with Crippen molar-refractivity contribution in [1.29, 1.82) is 0 Å². The largest absolute Gasteiger partial charge is 0.462 e. The van der Waals surface area contributed by atoms with E-state index in [0.29, 0.717) is 19.3 Å². The van der Waals surface area contributed by atoms with E-state index in [1.165, 1.54) is 109 Å². The summed E-state index contributed by atoms with van der Waals surface area (Å²) < 4.78 is 5.91. The zero-order valence-corrected chi connectivity index (χ0v) is 42.6. The van der Waals surface area contributed by atoms with E-state index in [4.69, 9.17) is 4.74 Å². The third-order valence-electron chi connectivity index (χ3n) is 11.9. The highest BCUT2D eigenvalue weighted by Gasteiger charge is 2.24. The van der Waals surface area contributed by atoms with Crippen LogP contribution in [0.25, 0.3) is 0 Å². The van der Waals surface area contributed by atoms with E-state index in [9.17, 15) is 19.8 Å². The van der Waals surface area contributed by atoms with Crippen molar-refractivity contribution < 1.29 is 24.5 Å². The van der Waals surface area contributed by atoms with Crippen LogP contribution in [0.5, 0.6) is 0 Å². The Labute approximate surface area is 402 Å². The lowest BCUT2D eigenvalue weighted by Gasteiger charge is -2.24. The molecule has 0 spiro atoms. The molecule has 0 aliphatic rings. The molecule has 0 aliphatic heterocycles. The van der Waals surface area contributed by atoms with Crippen LogP contribution >= 0.6 is 0 Å². The summed E-state index contributed by atoms with van der Waals surface area (Å²) in [5, 5.41) is 23.8. The number of aliphatic hydroxyl groups is 2. The molecule has 6 nitrogen and oxygen atoms in total. The second-order valence-electron chi connectivity index (χ2n) is 18.3. The summed E-state index contributed by atoms with van der Waals surface area (Å²) in [5.74, 6) is -0.550. The van der Waals surface area contributed by atoms with Crippen molar-refractivity contribution in [3.8, 4) is 0 Å². The fourth-order valence-electron chi connectivity index (χ4n) is 7.77. The average molecular weight is 906 g/mol. The molecule has 0 radical (unpaired) electrons. The highest BCUT2D eigenvalue weighted by atomic mass is 16.5. The molecular weight excluding hydrogens is 803 g/mol. The van der Waals surface area contributed by atoms with Crippen LogP contribution in [-0.4, -0.2) is 46.9 Å². The molecule has 3 unspecified atom stereocenters. The van der Waals surface area contributed by atoms with Crippen LogP contribution in [-0.2, 0) is 14.3 Å². The Balaban J connectivity index is 4.71. The van der Waals surface area contributed by atoms with E-state index in [2.05, 4.69) is 111 Å². The maximum absolute atomic E-state index is 13.2. The number of unbranched alkanes of at least 4 members (excludes halogenated alkanes) is 22. The lowest BCUT2D eigenvalue weighted by atomic mass is 10.0. The molecule has 3 N–H and O–H groups in total. The van der Waals surface area contributed by atoms with Crippen molar-refractivity contribution in [2.75, 3.05) is 6.61 Å². The molecule has 0 heterocycles. The number of rotatable bonds is 48. The molecular formula is C59H103NO5. The normalized spacial score (nSPS) is 13.9. The first kappa shape index (κ1) is 62.0. The van der Waals surface area contributed by atoms with Crippen molar-refractivity contribution in [3.05, 3.63) is 85.1 Å². The summed E-state index contributed by atoms with van der Waals surface area (Å²) in [7, 11) is 0. The number of nitrogens with one attached hydrogen (secondary N) is 1. The zero-order valence-electron chi connectivity index (χ0n) is 42.6. The van der Waals surface area contributed by atoms with Crippen molar-refractivity contribution in [1.82, 2.24) is 5.32 Å². The monoisotopic (exact) mass is 906 g/mol. The number of allylic oxidation sites excluding steroid dienone is 14. The molecule has 0 saturated heterocycles. The minimum atomic E-state index is -0.808. The van der Waals surface area contributed by atoms with Gasteiger partial charge in [0.2, 0.25) is 5.91 Å². The van der Waals surface area contributed by atoms with Crippen molar-refractivity contribution >= 4 is 11.9 Å². The number of carbonyl (C=O) groups excluding carboxylic acids is 2. The van der Waals surface area contributed by atoms with Gasteiger partial charge >= 0.3 is 5.97 Å². The molecule has 1 amide bonds. The molecule has 0 saturated carbocycles. The van der Waals surface area contributed by atoms with Crippen LogP contribution in [0.4, 0.5) is 0 Å². The van der Waals surface area contributed by atoms with Crippen LogP contribution in [0, 0.1) is 0 Å². The predicted molar refractivity (Wildman–Crippen MR) is 282 cm³/mol. The first-order valence-corrected chi connectivity index (χ1v) is 27.3. The number of aliphatic hydroxyl groups excluding tert-OH is 2. The van der Waals surface area contributed by atoms with Crippen molar-refractivity contribution in [2.45, 2.75) is 270 Å². The summed E-state index contributed by atoms with van der Waals surface area (Å²) in [4.78, 5) is 26.2. The van der Waals surface area contributed by atoms with Gasteiger partial charge in [0.1, 0.15) is 6.10 Å². The second kappa shape index (κ2) is 52.0. The fourth-order valence-corrected chi connectivity index (χ4v) is 7.77. The molecule has 3 atom stereocenters. The second-order valence-corrected chi connectivity index (χ2v) is 18.3. The van der Waals surface area contributed by atoms with E-state index in [0.717, 1.165) is 96.3 Å². The topological polar surface area (TPSA) is 95.9 Å². The first-order valence-electron chi connectivity index (χ1n) is 27.3. The standard InChI is InChI=1S/C59H103NO5/c1-4-7-10-13-16-19-22-25-27-28-29-30-32-34-37-40-43-46-49-52-59(64)65-55(50-47-44-41-38-35-33-31-26-23-20-17-14-11-8-5-2)53-58(63)60-56(54-61)57(62)51-48-45-42-39-36-24-21-18-15-12-9-6-3/h16-17,19-20,25-27,29-31,34-35,37-38,55-57,61-62H,4-15,18,21-24,28,32-33,36,39-54H2,1-3H3,(H,60,63)/b19-16-,20-17-,27-25-,30-29-,31-26-,37-34-,38-35-. The maximum Gasteiger partial charge on any atom is 0.306 e. The molecule has 374 valence electrons. The van der Waals surface area contributed by atoms with Crippen molar-refractivity contribution in [3.63, 3.8) is 0 Å². The van der Waals surface area contributed by atoms with Gasteiger partial charge in [-0.15, -0.1) is 0 Å². The molecule has 0 bridgehead atoms. The van der Waals surface area contributed by atoms with E-state index in [-0.39, 0.29) is 24.9 Å². The Hall–Kier alpha value is -2.96. The van der Waals surface area contributed by atoms with Gasteiger partial charge < -0.3 is 20.3 Å². The molecule has 0 rings (SSSR count). The van der Waals surface area contributed by atoms with Gasteiger partial charge in [0.25, 0.3) is 0 Å². The van der Waals surface area contributed by atoms with Gasteiger partial charge in [-0.05, 0) is 109 Å². The minimum absolute atomic E-state index is 0.0350. The SMILES string of the molecule is CCCCC/C=C\C/C=C\C/C=C\C/C=C\CCCCCC(=O)OC(CCCC/C=C\C/C=C\C/C=C\CCCCC)CC(=O)NC(CO)C(O)CCCCCCCCCCCCCC. The molecule has 0 aromatic heterocycles. The summed E-state index contributed by atoms with van der Waals surface area (Å²) in [5.41, 5.74) is 0. The number of esters is 1. The number of hydrogen-bond acceptors (Lipinski definition) is 5. The summed E-state index contributed by atoms with van der Waals surface area (Å²) in [6, 6.07) is -0.725. The minimum Gasteiger partial charge on any atom is -0.462 e. The highest BCUT2D eigenvalue weighted by Crippen LogP contribution is 2.17. The number of carbonyl (C=O) groups is 2. The maximum atomic E-state index is 13.2. The summed E-state index contributed by atoms with van der Waals surface area (Å²) >= 11 is 0. The van der Waals surface area contributed by atoms with Gasteiger partial charge in [0.05, 0.1) is 25.2 Å². The Morgan fingerprint density at radius 3 is 1.22 bits per heavy atom. The summed E-state index contributed by atoms with van der Waals surface area (Å²) in [6.45, 7) is 6.41. The van der Waals surface area contributed by atoms with Crippen LogP contribution < -0.4 is 5.32 Å². The van der Waals surface area contributed by atoms with Crippen LogP contribution in [0.1, 0.15) is 252 Å². The van der Waals surface area contributed by atoms with E-state index < -0.39 is 18.2 Å². The van der Waals surface area contributed by atoms with Gasteiger partial charge in [-0.1, -0.05) is 215 Å². The molecule has 0 aromatic carbocycles. The third kappa shape index (κ3) is 47.3. The molecule has 0 fully saturated rings. The van der Waals surface area contributed by atoms with E-state index in [1.54, 1.807) is 0 Å². The van der Waals surface area contributed by atoms with Crippen molar-refractivity contribution in [2.24, 2.45) is 0 Å². The van der Waals surface area contributed by atoms with E-state index >= 15 is 0 Å². The number of hydrogen-bond donors (Lipinski definition) is 3. The molecule has 6 heteroatoms. The number of amides is 1. The quantitative estimate of drug-likeness (QED) is 0.0321. The Morgan fingerprint density at radius 1 is 0.446 bits per heavy atom. The van der Waals surface area contributed by atoms with Gasteiger partial charge in [-0.2, -0.15) is 0 Å². The average Bonchev–Trinajstić information content (AvgIpc) is 3.30. The molecule has 0 aromatic rings. The smallest absolute Gasteiger partial charge is 0.306 e. The lowest BCUT2D eigenvalue weighted by Crippen LogP contribution is -2.46. The third-order valence-corrected chi connectivity index (χ3v) is 11.9. The lowest BCUT2D eigenvalue weighted by molar-refractivity contribution is -0.151. The highest BCUT2D eigenvalue weighted by molar-refractivity contribution is 5.77. The fraction of sp³-hybridized carbons (Fsp3) is 0.729. The first-order chi connectivity index (χ1) is 32.0. The van der Waals surface area contributed by atoms with Gasteiger partial charge in [0, 0.05) is 6.42 Å². The van der Waals surface area contributed by atoms with Crippen LogP contribution in [0.2, 0.25) is 0 Å². The number of ether oxygens (including phenoxy) is 1. The van der Waals surface area contributed by atoms with Crippen LogP contribution in [0.15, 0.2) is 85.1 Å². The Kier molecular flexibility index (Phi) is 49.6. The zero-order chi connectivity index (χ0) is 47.4. The molecule has 0 aliphatic carbocycles. The van der Waals surface area contributed by atoms with E-state index in [1.807, 2.05) is 0 Å².